The summed E-state index contributed by atoms with van der Waals surface area (Å²) in [7, 11) is 0. The van der Waals surface area contributed by atoms with Gasteiger partial charge in [-0.1, -0.05) is 41.5 Å². The number of aromatic nitrogens is 2. The summed E-state index contributed by atoms with van der Waals surface area (Å²) in [5, 5.41) is 32.3. The van der Waals surface area contributed by atoms with Gasteiger partial charge in [-0.05, 0) is 35.1 Å². The fraction of sp³-hybridized carbons (Fsp3) is 0.348. The molecule has 8 heteroatoms. The largest absolute Gasteiger partial charge is 0.507 e. The third-order valence-corrected chi connectivity index (χ3v) is 5.18. The smallest absolute Gasteiger partial charge is 0.340 e. The molecule has 3 aromatic rings. The minimum atomic E-state index is -0.532. The molecule has 0 aliphatic rings. The van der Waals surface area contributed by atoms with Gasteiger partial charge < -0.3 is 10.2 Å². The Balaban J connectivity index is 2.24. The van der Waals surface area contributed by atoms with E-state index in [1.807, 2.05) is 41.5 Å². The van der Waals surface area contributed by atoms with Crippen molar-refractivity contribution in [2.24, 2.45) is 0 Å². The summed E-state index contributed by atoms with van der Waals surface area (Å²) in [6.45, 7) is 11.8. The van der Waals surface area contributed by atoms with Crippen molar-refractivity contribution >= 4 is 5.69 Å². The van der Waals surface area contributed by atoms with Crippen LogP contribution < -0.4 is 5.69 Å². The van der Waals surface area contributed by atoms with Gasteiger partial charge in [0.05, 0.1) is 22.5 Å². The number of benzene rings is 2. The molecule has 8 nitrogen and oxygen atoms in total. The number of rotatable bonds is 3. The lowest BCUT2D eigenvalue weighted by atomic mass is 9.79. The Kier molecular flexibility index (Phi) is 5.21. The van der Waals surface area contributed by atoms with Crippen LogP contribution in [0, 0.1) is 10.1 Å². The third kappa shape index (κ3) is 4.05. The highest BCUT2D eigenvalue weighted by molar-refractivity contribution is 5.55. The second kappa shape index (κ2) is 7.30. The zero-order valence-corrected chi connectivity index (χ0v) is 18.5. The fourth-order valence-electron chi connectivity index (χ4n) is 3.49. The first-order chi connectivity index (χ1) is 14.2. The molecule has 1 heterocycles. The second-order valence-corrected chi connectivity index (χ2v) is 9.64. The zero-order valence-electron chi connectivity index (χ0n) is 18.5. The Bertz CT molecular complexity index is 1170. The molecule has 0 saturated heterocycles. The van der Waals surface area contributed by atoms with Gasteiger partial charge in [0.15, 0.2) is 0 Å². The average Bonchev–Trinajstić information content (AvgIpc) is 2.94. The SMILES string of the molecule is CC(C)(C)c1cc(-n2cc(O)n(-c3ccc([N+](=O)[O-])cc3)c2=O)cc(C(C)(C)C)c1O. The van der Waals surface area contributed by atoms with Gasteiger partial charge in [-0.25, -0.2) is 9.36 Å². The highest BCUT2D eigenvalue weighted by Gasteiger charge is 2.27. The summed E-state index contributed by atoms with van der Waals surface area (Å²) in [4.78, 5) is 23.5. The van der Waals surface area contributed by atoms with Crippen molar-refractivity contribution < 1.29 is 15.1 Å². The van der Waals surface area contributed by atoms with Gasteiger partial charge in [-0.2, -0.15) is 0 Å². The maximum Gasteiger partial charge on any atom is 0.340 e. The van der Waals surface area contributed by atoms with E-state index < -0.39 is 10.6 Å². The molecule has 0 spiro atoms. The number of imidazole rings is 1. The number of phenolic OH excluding ortho intramolecular Hbond substituents is 1. The maximum absolute atomic E-state index is 13.2. The molecule has 164 valence electrons. The lowest BCUT2D eigenvalue weighted by Crippen LogP contribution is -2.24. The van der Waals surface area contributed by atoms with Gasteiger partial charge >= 0.3 is 5.69 Å². The third-order valence-electron chi connectivity index (χ3n) is 5.18. The zero-order chi connectivity index (χ0) is 23.3. The van der Waals surface area contributed by atoms with Crippen molar-refractivity contribution in [3.8, 4) is 23.0 Å². The molecule has 31 heavy (non-hydrogen) atoms. The standard InChI is InChI=1S/C23H27N3O5/c1-22(2,3)17-11-16(12-18(20(17)28)23(4,5)6)24-13-19(27)25(21(24)29)14-7-9-15(10-8-14)26(30)31/h7-13,27-28H,1-6H3. The molecule has 2 aromatic carbocycles. The summed E-state index contributed by atoms with van der Waals surface area (Å²) < 4.78 is 2.38. The Labute approximate surface area is 180 Å². The van der Waals surface area contributed by atoms with E-state index in [2.05, 4.69) is 0 Å². The van der Waals surface area contributed by atoms with Crippen molar-refractivity contribution in [2.45, 2.75) is 52.4 Å². The summed E-state index contributed by atoms with van der Waals surface area (Å²) in [6.07, 6.45) is 1.30. The number of aromatic hydroxyl groups is 2. The molecule has 0 fully saturated rings. The number of nitro benzene ring substituents is 1. The van der Waals surface area contributed by atoms with Crippen LogP contribution in [-0.2, 0) is 10.8 Å². The molecular weight excluding hydrogens is 398 g/mol. The topological polar surface area (TPSA) is 111 Å². The monoisotopic (exact) mass is 425 g/mol. The van der Waals surface area contributed by atoms with E-state index in [1.54, 1.807) is 12.1 Å². The van der Waals surface area contributed by atoms with Crippen molar-refractivity contribution in [3.05, 3.63) is 74.3 Å². The highest BCUT2D eigenvalue weighted by Crippen LogP contribution is 2.40. The van der Waals surface area contributed by atoms with Crippen LogP contribution in [-0.4, -0.2) is 24.3 Å². The number of hydrogen-bond acceptors (Lipinski definition) is 5. The molecule has 0 atom stereocenters. The van der Waals surface area contributed by atoms with Crippen LogP contribution in [0.4, 0.5) is 5.69 Å². The van der Waals surface area contributed by atoms with Crippen molar-refractivity contribution in [2.75, 3.05) is 0 Å². The Morgan fingerprint density at radius 3 is 1.77 bits per heavy atom. The van der Waals surface area contributed by atoms with Crippen LogP contribution in [0.5, 0.6) is 11.6 Å². The van der Waals surface area contributed by atoms with Gasteiger partial charge in [0.25, 0.3) is 5.69 Å². The molecule has 0 bridgehead atoms. The molecular formula is C23H27N3O5. The van der Waals surface area contributed by atoms with Crippen LogP contribution in [0.3, 0.4) is 0 Å². The van der Waals surface area contributed by atoms with E-state index in [0.29, 0.717) is 22.5 Å². The molecule has 0 unspecified atom stereocenters. The van der Waals surface area contributed by atoms with Gasteiger partial charge in [0, 0.05) is 23.3 Å². The van der Waals surface area contributed by atoms with Crippen molar-refractivity contribution in [3.63, 3.8) is 0 Å². The molecule has 3 rings (SSSR count). The quantitative estimate of drug-likeness (QED) is 0.473. The lowest BCUT2D eigenvalue weighted by molar-refractivity contribution is -0.384. The van der Waals surface area contributed by atoms with Crippen molar-refractivity contribution in [1.82, 2.24) is 9.13 Å². The number of phenols is 1. The van der Waals surface area contributed by atoms with E-state index in [1.165, 1.54) is 35.0 Å². The van der Waals surface area contributed by atoms with Gasteiger partial charge in [0.2, 0.25) is 5.88 Å². The maximum atomic E-state index is 13.2. The molecule has 0 saturated carbocycles. The molecule has 2 N–H and O–H groups in total. The van der Waals surface area contributed by atoms with Gasteiger partial charge in [-0.15, -0.1) is 0 Å². The highest BCUT2D eigenvalue weighted by atomic mass is 16.6. The van der Waals surface area contributed by atoms with E-state index in [0.717, 1.165) is 4.57 Å². The fourth-order valence-corrected chi connectivity index (χ4v) is 3.49. The van der Waals surface area contributed by atoms with E-state index in [-0.39, 0.29) is 28.1 Å². The number of nitro groups is 1. The summed E-state index contributed by atoms with van der Waals surface area (Å²) in [5.74, 6) is -0.114. The van der Waals surface area contributed by atoms with Gasteiger partial charge in [-0.3, -0.25) is 14.7 Å². The minimum Gasteiger partial charge on any atom is -0.507 e. The van der Waals surface area contributed by atoms with Crippen LogP contribution in [0.2, 0.25) is 0 Å². The summed E-state index contributed by atoms with van der Waals surface area (Å²) >= 11 is 0. The second-order valence-electron chi connectivity index (χ2n) is 9.64. The molecule has 0 radical (unpaired) electrons. The van der Waals surface area contributed by atoms with Crippen LogP contribution >= 0.6 is 0 Å². The van der Waals surface area contributed by atoms with Crippen LogP contribution in [0.15, 0.2) is 47.4 Å². The van der Waals surface area contributed by atoms with Crippen LogP contribution in [0.25, 0.3) is 11.4 Å². The van der Waals surface area contributed by atoms with Crippen LogP contribution in [0.1, 0.15) is 52.7 Å². The van der Waals surface area contributed by atoms with E-state index in [9.17, 15) is 25.1 Å². The predicted molar refractivity (Wildman–Crippen MR) is 119 cm³/mol. The Hall–Kier alpha value is -3.55. The summed E-state index contributed by atoms with van der Waals surface area (Å²) in [5.41, 5.74) is 0.773. The Morgan fingerprint density at radius 2 is 1.35 bits per heavy atom. The van der Waals surface area contributed by atoms with E-state index >= 15 is 0 Å². The number of hydrogen-bond donors (Lipinski definition) is 2. The lowest BCUT2D eigenvalue weighted by Gasteiger charge is -2.28. The molecule has 0 aliphatic heterocycles. The number of nitrogens with zero attached hydrogens (tertiary/aromatic N) is 3. The molecule has 0 aliphatic carbocycles. The molecule has 1 aromatic heterocycles. The van der Waals surface area contributed by atoms with Gasteiger partial charge in [0.1, 0.15) is 5.75 Å². The minimum absolute atomic E-state index is 0.112. The first kappa shape index (κ1) is 22.1. The first-order valence-corrected chi connectivity index (χ1v) is 9.88. The summed E-state index contributed by atoms with van der Waals surface area (Å²) in [6, 6.07) is 8.84. The molecule has 0 amide bonds. The predicted octanol–water partition coefficient (Wildman–Crippen LogP) is 4.54. The first-order valence-electron chi connectivity index (χ1n) is 9.88. The average molecular weight is 425 g/mol. The van der Waals surface area contributed by atoms with Crippen molar-refractivity contribution in [1.29, 1.82) is 0 Å². The Morgan fingerprint density at radius 1 is 0.871 bits per heavy atom. The number of non-ortho nitro benzene ring substituents is 1. The van der Waals surface area contributed by atoms with E-state index in [4.69, 9.17) is 0 Å². The normalized spacial score (nSPS) is 12.2.